The molecule has 0 radical (unpaired) electrons. The van der Waals surface area contributed by atoms with Gasteiger partial charge in [0, 0.05) is 26.2 Å². The Hall–Kier alpha value is -2.41. The van der Waals surface area contributed by atoms with E-state index in [2.05, 4.69) is 15.6 Å². The van der Waals surface area contributed by atoms with Crippen molar-refractivity contribution in [3.63, 3.8) is 0 Å². The molecule has 1 aromatic carbocycles. The number of hydrogen-bond acceptors (Lipinski definition) is 5. The molecule has 1 amide bonds. The first-order valence-corrected chi connectivity index (χ1v) is 8.24. The van der Waals surface area contributed by atoms with E-state index in [0.29, 0.717) is 17.5 Å². The Labute approximate surface area is 140 Å². The number of amides is 1. The van der Waals surface area contributed by atoms with Crippen molar-refractivity contribution in [3.05, 3.63) is 35.7 Å². The van der Waals surface area contributed by atoms with E-state index in [0.717, 1.165) is 43.3 Å². The number of fused-ring (bicyclic) bond motifs is 1. The van der Waals surface area contributed by atoms with Crippen molar-refractivity contribution < 1.29 is 9.53 Å². The molecule has 7 nitrogen and oxygen atoms in total. The van der Waals surface area contributed by atoms with Crippen LogP contribution in [0.25, 0.3) is 5.69 Å². The summed E-state index contributed by atoms with van der Waals surface area (Å²) < 4.78 is 6.87. The van der Waals surface area contributed by atoms with E-state index in [-0.39, 0.29) is 5.91 Å². The first-order chi connectivity index (χ1) is 11.7. The largest absolute Gasteiger partial charge is 0.497 e. The van der Waals surface area contributed by atoms with Crippen LogP contribution >= 0.6 is 0 Å². The van der Waals surface area contributed by atoms with Gasteiger partial charge in [-0.15, -0.1) is 5.10 Å². The summed E-state index contributed by atoms with van der Waals surface area (Å²) in [5, 5.41) is 11.7. The van der Waals surface area contributed by atoms with E-state index < -0.39 is 0 Å². The van der Waals surface area contributed by atoms with Crippen molar-refractivity contribution >= 4 is 5.91 Å². The van der Waals surface area contributed by atoms with Crippen LogP contribution in [-0.4, -0.2) is 59.1 Å². The number of carbonyl (C=O) groups is 1. The van der Waals surface area contributed by atoms with Gasteiger partial charge in [-0.05, 0) is 43.0 Å². The second-order valence-electron chi connectivity index (χ2n) is 6.52. The average molecular weight is 327 g/mol. The highest BCUT2D eigenvalue weighted by Crippen LogP contribution is 2.27. The van der Waals surface area contributed by atoms with Crippen LogP contribution in [0.15, 0.2) is 24.3 Å². The van der Waals surface area contributed by atoms with Gasteiger partial charge in [-0.1, -0.05) is 5.21 Å². The molecule has 24 heavy (non-hydrogen) atoms. The zero-order chi connectivity index (χ0) is 16.7. The fraction of sp³-hybridized carbons (Fsp3) is 0.471. The number of aromatic nitrogens is 3. The molecule has 126 valence electrons. The van der Waals surface area contributed by atoms with Crippen LogP contribution in [0, 0.1) is 18.8 Å². The number of nitrogens with one attached hydrogen (secondary N) is 1. The summed E-state index contributed by atoms with van der Waals surface area (Å²) in [6.07, 6.45) is 0. The van der Waals surface area contributed by atoms with Crippen LogP contribution in [-0.2, 0) is 0 Å². The van der Waals surface area contributed by atoms with Gasteiger partial charge in [0.1, 0.15) is 5.75 Å². The van der Waals surface area contributed by atoms with Crippen molar-refractivity contribution in [1.82, 2.24) is 25.2 Å². The van der Waals surface area contributed by atoms with E-state index >= 15 is 0 Å². The third-order valence-corrected chi connectivity index (χ3v) is 5.09. The second kappa shape index (κ2) is 5.90. The van der Waals surface area contributed by atoms with Crippen LogP contribution < -0.4 is 10.1 Å². The summed E-state index contributed by atoms with van der Waals surface area (Å²) in [4.78, 5) is 14.7. The van der Waals surface area contributed by atoms with Crippen LogP contribution in [0.3, 0.4) is 0 Å². The Bertz CT molecular complexity index is 743. The summed E-state index contributed by atoms with van der Waals surface area (Å²) in [5.74, 6) is 1.92. The lowest BCUT2D eigenvalue weighted by molar-refractivity contribution is 0.0775. The molecule has 1 N–H and O–H groups in total. The Morgan fingerprint density at radius 3 is 2.50 bits per heavy atom. The van der Waals surface area contributed by atoms with Crippen LogP contribution in [0.1, 0.15) is 16.2 Å². The lowest BCUT2D eigenvalue weighted by Crippen LogP contribution is -2.32. The van der Waals surface area contributed by atoms with E-state index in [9.17, 15) is 4.79 Å². The van der Waals surface area contributed by atoms with Gasteiger partial charge in [-0.3, -0.25) is 4.79 Å². The van der Waals surface area contributed by atoms with E-state index in [1.807, 2.05) is 36.1 Å². The highest BCUT2D eigenvalue weighted by Gasteiger charge is 2.39. The lowest BCUT2D eigenvalue weighted by atomic mass is 10.0. The van der Waals surface area contributed by atoms with Gasteiger partial charge in [0.05, 0.1) is 18.5 Å². The second-order valence-corrected chi connectivity index (χ2v) is 6.52. The molecule has 2 fully saturated rings. The van der Waals surface area contributed by atoms with Crippen molar-refractivity contribution in [3.8, 4) is 11.4 Å². The maximum Gasteiger partial charge on any atom is 0.276 e. The molecule has 0 bridgehead atoms. The minimum Gasteiger partial charge on any atom is -0.497 e. The van der Waals surface area contributed by atoms with Gasteiger partial charge in [0.15, 0.2) is 5.69 Å². The molecule has 7 heteroatoms. The molecule has 2 saturated heterocycles. The molecule has 0 unspecified atom stereocenters. The monoisotopic (exact) mass is 327 g/mol. The zero-order valence-corrected chi connectivity index (χ0v) is 13.9. The Morgan fingerprint density at radius 1 is 1.21 bits per heavy atom. The van der Waals surface area contributed by atoms with Crippen LogP contribution in [0.4, 0.5) is 0 Å². The molecule has 2 aromatic rings. The molecule has 0 aliphatic carbocycles. The van der Waals surface area contributed by atoms with Crippen molar-refractivity contribution in [1.29, 1.82) is 0 Å². The Kier molecular flexibility index (Phi) is 3.72. The Morgan fingerprint density at radius 2 is 1.88 bits per heavy atom. The Balaban J connectivity index is 1.56. The summed E-state index contributed by atoms with van der Waals surface area (Å²) >= 11 is 0. The first kappa shape index (κ1) is 15.1. The molecule has 4 rings (SSSR count). The predicted octanol–water partition coefficient (Wildman–Crippen LogP) is 0.876. The van der Waals surface area contributed by atoms with Crippen molar-refractivity contribution in [2.24, 2.45) is 11.8 Å². The number of methoxy groups -OCH3 is 1. The van der Waals surface area contributed by atoms with Gasteiger partial charge in [-0.2, -0.15) is 0 Å². The molecule has 3 heterocycles. The number of rotatable bonds is 3. The van der Waals surface area contributed by atoms with Gasteiger partial charge in [0.2, 0.25) is 0 Å². The summed E-state index contributed by atoms with van der Waals surface area (Å²) in [6, 6.07) is 7.54. The maximum atomic E-state index is 12.8. The van der Waals surface area contributed by atoms with Gasteiger partial charge in [-0.25, -0.2) is 4.68 Å². The lowest BCUT2D eigenvalue weighted by Gasteiger charge is -2.16. The number of nitrogens with zero attached hydrogens (tertiary/aromatic N) is 4. The highest BCUT2D eigenvalue weighted by molar-refractivity contribution is 5.93. The van der Waals surface area contributed by atoms with Gasteiger partial charge < -0.3 is 15.0 Å². The molecular weight excluding hydrogens is 306 g/mol. The number of ether oxygens (including phenoxy) is 1. The molecule has 2 atom stereocenters. The van der Waals surface area contributed by atoms with Crippen LogP contribution in [0.2, 0.25) is 0 Å². The smallest absolute Gasteiger partial charge is 0.276 e. The van der Waals surface area contributed by atoms with E-state index in [1.165, 1.54) is 0 Å². The number of carbonyl (C=O) groups excluding carboxylic acids is 1. The van der Waals surface area contributed by atoms with Crippen molar-refractivity contribution in [2.45, 2.75) is 6.92 Å². The number of likely N-dealkylation sites (tertiary alicyclic amines) is 1. The molecule has 2 aliphatic heterocycles. The SMILES string of the molecule is COc1ccc(-n2nnc(C(=O)N3C[C@H]4CNC[C@H]4C3)c2C)cc1. The highest BCUT2D eigenvalue weighted by atomic mass is 16.5. The summed E-state index contributed by atoms with van der Waals surface area (Å²) in [6.45, 7) is 5.52. The molecule has 0 spiro atoms. The first-order valence-electron chi connectivity index (χ1n) is 8.24. The number of benzene rings is 1. The fourth-order valence-electron chi connectivity index (χ4n) is 3.67. The third-order valence-electron chi connectivity index (χ3n) is 5.09. The fourth-order valence-corrected chi connectivity index (χ4v) is 3.67. The molecule has 0 saturated carbocycles. The van der Waals surface area contributed by atoms with E-state index in [1.54, 1.807) is 11.8 Å². The maximum absolute atomic E-state index is 12.8. The molecule has 2 aliphatic rings. The van der Waals surface area contributed by atoms with Gasteiger partial charge >= 0.3 is 0 Å². The topological polar surface area (TPSA) is 72.3 Å². The van der Waals surface area contributed by atoms with E-state index in [4.69, 9.17) is 4.74 Å². The molecular formula is C17H21N5O2. The average Bonchev–Trinajstić information content (AvgIpc) is 3.28. The van der Waals surface area contributed by atoms with Gasteiger partial charge in [0.25, 0.3) is 5.91 Å². The standard InChI is InChI=1S/C17H21N5O2/c1-11-16(17(23)21-9-12-7-18-8-13(12)10-21)19-20-22(11)14-3-5-15(24-2)6-4-14/h3-6,12-13,18H,7-10H2,1-2H3/t12-,13+. The third kappa shape index (κ3) is 2.45. The zero-order valence-electron chi connectivity index (χ0n) is 13.9. The minimum atomic E-state index is -0.0124. The predicted molar refractivity (Wildman–Crippen MR) is 88.4 cm³/mol. The quantitative estimate of drug-likeness (QED) is 0.906. The molecule has 1 aromatic heterocycles. The summed E-state index contributed by atoms with van der Waals surface area (Å²) in [5.41, 5.74) is 2.07. The normalized spacial score (nSPS) is 22.7. The summed E-state index contributed by atoms with van der Waals surface area (Å²) in [7, 11) is 1.63. The number of hydrogen-bond donors (Lipinski definition) is 1. The minimum absolute atomic E-state index is 0.0124. The van der Waals surface area contributed by atoms with Crippen molar-refractivity contribution in [2.75, 3.05) is 33.3 Å². The van der Waals surface area contributed by atoms with Crippen LogP contribution in [0.5, 0.6) is 5.75 Å².